The molecule has 0 aliphatic heterocycles. The summed E-state index contributed by atoms with van der Waals surface area (Å²) in [5.41, 5.74) is 1.08. The van der Waals surface area contributed by atoms with Crippen LogP contribution in [0.3, 0.4) is 0 Å². The second kappa shape index (κ2) is 3.47. The van der Waals surface area contributed by atoms with Crippen LogP contribution in [0.25, 0.3) is 10.6 Å². The van der Waals surface area contributed by atoms with Crippen LogP contribution in [0.4, 0.5) is 5.13 Å². The van der Waals surface area contributed by atoms with Gasteiger partial charge in [0.15, 0.2) is 5.13 Å². The van der Waals surface area contributed by atoms with E-state index in [1.54, 1.807) is 22.7 Å². The summed E-state index contributed by atoms with van der Waals surface area (Å²) < 4.78 is 0. The van der Waals surface area contributed by atoms with Gasteiger partial charge < -0.3 is 5.32 Å². The van der Waals surface area contributed by atoms with Crippen molar-refractivity contribution in [2.75, 3.05) is 12.4 Å². The molecule has 2 rings (SSSR count). The van der Waals surface area contributed by atoms with Crippen molar-refractivity contribution in [3.8, 4) is 10.6 Å². The van der Waals surface area contributed by atoms with Crippen LogP contribution < -0.4 is 5.32 Å². The summed E-state index contributed by atoms with van der Waals surface area (Å²) >= 11 is 3.42. The van der Waals surface area contributed by atoms with Crippen LogP contribution in [-0.4, -0.2) is 12.0 Å². The normalized spacial score (nSPS) is 10.3. The highest BCUT2D eigenvalue weighted by molar-refractivity contribution is 7.16. The predicted molar refractivity (Wildman–Crippen MR) is 59.7 cm³/mol. The Morgan fingerprint density at radius 2 is 2.23 bits per heavy atom. The smallest absolute Gasteiger partial charge is 0.182 e. The van der Waals surface area contributed by atoms with Gasteiger partial charge in [-0.1, -0.05) is 0 Å². The molecule has 0 aliphatic carbocycles. The molecule has 0 atom stereocenters. The minimum absolute atomic E-state index is 0.973. The number of anilines is 1. The van der Waals surface area contributed by atoms with Crippen molar-refractivity contribution < 1.29 is 0 Å². The Morgan fingerprint density at radius 1 is 1.38 bits per heavy atom. The van der Waals surface area contributed by atoms with E-state index >= 15 is 0 Å². The molecule has 13 heavy (non-hydrogen) atoms. The Bertz CT molecular complexity index is 403. The fourth-order valence-electron chi connectivity index (χ4n) is 1.07. The van der Waals surface area contributed by atoms with E-state index in [0.717, 1.165) is 10.8 Å². The van der Waals surface area contributed by atoms with E-state index in [1.807, 2.05) is 7.05 Å². The van der Waals surface area contributed by atoms with Gasteiger partial charge in [-0.05, 0) is 19.1 Å². The maximum absolute atomic E-state index is 4.43. The molecule has 68 valence electrons. The van der Waals surface area contributed by atoms with Crippen molar-refractivity contribution >= 4 is 27.8 Å². The number of aryl methyl sites for hydroxylation is 1. The van der Waals surface area contributed by atoms with Gasteiger partial charge in [-0.25, -0.2) is 4.98 Å². The lowest BCUT2D eigenvalue weighted by Crippen LogP contribution is -1.84. The molecule has 0 amide bonds. The van der Waals surface area contributed by atoms with Crippen molar-refractivity contribution in [1.29, 1.82) is 0 Å². The van der Waals surface area contributed by atoms with Crippen LogP contribution in [0.5, 0.6) is 0 Å². The molecular weight excluding hydrogens is 200 g/mol. The van der Waals surface area contributed by atoms with E-state index in [-0.39, 0.29) is 0 Å². The Kier molecular flexibility index (Phi) is 2.33. The lowest BCUT2D eigenvalue weighted by atomic mass is 10.4. The first-order valence-electron chi connectivity index (χ1n) is 3.99. The van der Waals surface area contributed by atoms with Gasteiger partial charge >= 0.3 is 0 Å². The number of hydrogen-bond acceptors (Lipinski definition) is 4. The molecule has 0 bridgehead atoms. The molecule has 0 unspecified atom stereocenters. The third-order valence-electron chi connectivity index (χ3n) is 1.71. The first kappa shape index (κ1) is 8.72. The molecule has 4 heteroatoms. The molecule has 0 saturated heterocycles. The molecule has 2 heterocycles. The molecule has 0 radical (unpaired) electrons. The highest BCUT2D eigenvalue weighted by atomic mass is 32.1. The number of aromatic nitrogens is 1. The van der Waals surface area contributed by atoms with Crippen LogP contribution in [-0.2, 0) is 0 Å². The highest BCUT2D eigenvalue weighted by Crippen LogP contribution is 2.29. The second-order valence-corrected chi connectivity index (χ2v) is 4.84. The topological polar surface area (TPSA) is 24.9 Å². The Morgan fingerprint density at radius 3 is 2.77 bits per heavy atom. The molecule has 0 aromatic carbocycles. The van der Waals surface area contributed by atoms with Gasteiger partial charge in [-0.2, -0.15) is 0 Å². The van der Waals surface area contributed by atoms with Gasteiger partial charge in [0.2, 0.25) is 0 Å². The summed E-state index contributed by atoms with van der Waals surface area (Å²) in [6, 6.07) is 4.24. The summed E-state index contributed by atoms with van der Waals surface area (Å²) in [4.78, 5) is 7.00. The van der Waals surface area contributed by atoms with Crippen molar-refractivity contribution in [3.05, 3.63) is 22.4 Å². The molecular formula is C9H10N2S2. The largest absolute Gasteiger partial charge is 0.365 e. The number of nitrogens with one attached hydrogen (secondary N) is 1. The zero-order chi connectivity index (χ0) is 9.26. The molecule has 0 saturated carbocycles. The highest BCUT2D eigenvalue weighted by Gasteiger charge is 2.04. The average molecular weight is 210 g/mol. The van der Waals surface area contributed by atoms with E-state index in [9.17, 15) is 0 Å². The van der Waals surface area contributed by atoms with Crippen LogP contribution in [0, 0.1) is 6.92 Å². The molecule has 0 aliphatic rings. The van der Waals surface area contributed by atoms with Gasteiger partial charge in [0.1, 0.15) is 0 Å². The Balaban J connectivity index is 2.35. The van der Waals surface area contributed by atoms with Crippen LogP contribution in [0.2, 0.25) is 0 Å². The van der Waals surface area contributed by atoms with Gasteiger partial charge in [0.05, 0.1) is 10.6 Å². The standard InChI is InChI=1S/C9H10N2S2/c1-6-3-4-8(13-6)7-5-12-9(10-2)11-7/h3-5H,1-2H3,(H,10,11). The Labute approximate surface area is 85.3 Å². The van der Waals surface area contributed by atoms with Crippen molar-refractivity contribution in [3.63, 3.8) is 0 Å². The average Bonchev–Trinajstić information content (AvgIpc) is 2.71. The number of nitrogens with zero attached hydrogens (tertiary/aromatic N) is 1. The van der Waals surface area contributed by atoms with Crippen molar-refractivity contribution in [2.45, 2.75) is 6.92 Å². The molecule has 1 N–H and O–H groups in total. The quantitative estimate of drug-likeness (QED) is 0.823. The fraction of sp³-hybridized carbons (Fsp3) is 0.222. The zero-order valence-electron chi connectivity index (χ0n) is 7.50. The third kappa shape index (κ3) is 1.73. The fourth-order valence-corrected chi connectivity index (χ4v) is 2.65. The van der Waals surface area contributed by atoms with E-state index in [2.05, 4.69) is 34.7 Å². The lowest BCUT2D eigenvalue weighted by molar-refractivity contribution is 1.37. The van der Waals surface area contributed by atoms with E-state index in [0.29, 0.717) is 0 Å². The van der Waals surface area contributed by atoms with Gasteiger partial charge in [-0.3, -0.25) is 0 Å². The minimum Gasteiger partial charge on any atom is -0.365 e. The van der Waals surface area contributed by atoms with Crippen LogP contribution >= 0.6 is 22.7 Å². The molecule has 0 fully saturated rings. The maximum Gasteiger partial charge on any atom is 0.182 e. The zero-order valence-corrected chi connectivity index (χ0v) is 9.13. The predicted octanol–water partition coefficient (Wildman–Crippen LogP) is 3.22. The summed E-state index contributed by atoms with van der Waals surface area (Å²) in [6.45, 7) is 2.11. The van der Waals surface area contributed by atoms with Crippen LogP contribution in [0.1, 0.15) is 4.88 Å². The van der Waals surface area contributed by atoms with Crippen molar-refractivity contribution in [2.24, 2.45) is 0 Å². The second-order valence-electron chi connectivity index (χ2n) is 2.70. The first-order valence-corrected chi connectivity index (χ1v) is 5.69. The first-order chi connectivity index (χ1) is 6.29. The lowest BCUT2D eigenvalue weighted by Gasteiger charge is -1.89. The molecule has 0 spiro atoms. The van der Waals surface area contributed by atoms with Crippen molar-refractivity contribution in [1.82, 2.24) is 4.98 Å². The summed E-state index contributed by atoms with van der Waals surface area (Å²) in [6.07, 6.45) is 0. The molecule has 2 aromatic rings. The minimum atomic E-state index is 0.973. The monoisotopic (exact) mass is 210 g/mol. The SMILES string of the molecule is CNc1nc(-c2ccc(C)s2)cs1. The Hall–Kier alpha value is -0.870. The van der Waals surface area contributed by atoms with Crippen LogP contribution in [0.15, 0.2) is 17.5 Å². The number of rotatable bonds is 2. The number of hydrogen-bond donors (Lipinski definition) is 1. The van der Waals surface area contributed by atoms with Gasteiger partial charge in [0, 0.05) is 17.3 Å². The van der Waals surface area contributed by atoms with E-state index in [4.69, 9.17) is 0 Å². The molecule has 2 aromatic heterocycles. The third-order valence-corrected chi connectivity index (χ3v) is 3.59. The number of thiazole rings is 1. The number of thiophene rings is 1. The van der Waals surface area contributed by atoms with Gasteiger partial charge in [0.25, 0.3) is 0 Å². The maximum atomic E-state index is 4.43. The molecule has 2 nitrogen and oxygen atoms in total. The van der Waals surface area contributed by atoms with E-state index in [1.165, 1.54) is 9.75 Å². The summed E-state index contributed by atoms with van der Waals surface area (Å²) in [5, 5.41) is 6.09. The summed E-state index contributed by atoms with van der Waals surface area (Å²) in [5.74, 6) is 0. The van der Waals surface area contributed by atoms with E-state index < -0.39 is 0 Å². The van der Waals surface area contributed by atoms with Gasteiger partial charge in [-0.15, -0.1) is 22.7 Å². The summed E-state index contributed by atoms with van der Waals surface area (Å²) in [7, 11) is 1.89.